The second-order valence-corrected chi connectivity index (χ2v) is 44.9. The zero-order valence-corrected chi connectivity index (χ0v) is 74.2. The Bertz CT molecular complexity index is 4370. The lowest BCUT2D eigenvalue weighted by Crippen LogP contribution is -2.48. The summed E-state index contributed by atoms with van der Waals surface area (Å²) in [4.78, 5) is 39.9. The summed E-state index contributed by atoms with van der Waals surface area (Å²) in [6.45, 7) is 34.8. The molecule has 0 spiro atoms. The van der Waals surface area contributed by atoms with Gasteiger partial charge in [0, 0.05) is 47.7 Å². The van der Waals surface area contributed by atoms with Crippen LogP contribution < -0.4 is 0 Å². The first-order chi connectivity index (χ1) is 55.5. The Morgan fingerprint density at radius 2 is 0.763 bits per heavy atom. The summed E-state index contributed by atoms with van der Waals surface area (Å²) < 4.78 is 7.67. The van der Waals surface area contributed by atoms with Gasteiger partial charge in [0.15, 0.2) is 17.3 Å². The maximum atomic E-state index is 13.4. The number of hydrogen-bond donors (Lipinski definition) is 4. The standard InChI is InChI=1S/C26H38N2O2.C26H38N2O.2C25H36N2O2.CH4/c1-16-13-17(2)28(27-16)15-24(29)23-8-7-22-21-6-5-18-14-25(3,30)11-9-19(18)20(21)10-12-26(22,23)4;1-17(16-28-14-11-18(2)27-28)23-7-8-24-22-6-5-19-15-25(3,29)12-9-20(19)21(22)10-13-26(23,24)4;1-16-10-13-26-27(16)15-23(28)22-7-6-21-20-5-4-17-14-24(2,29)11-8-18(17)19(20)9-12-25(21,22)3;1-16-13-26-27(14-16)15-23(28)22-7-6-21-20-5-4-17-12-24(2,29)10-8-18(17)19(20)9-11-25(21,22)3;/h5,13,19-23,30H,6-12,14-15H2,1-4H3;5,11,14,20-24,29H,1,6-10,12-13,15-16H2,2-4H3;4,10,13,18-22,29H,5-9,11-12,14-15H2,1-3H3;4,13-14,18-22,29H,5-12,15H2,1-3H3;1H4/t19-,20+,21+,22-,23+,25+,26-;20-,21+,22+,23+,24-,25+,26+;2*18-,19+,20+,21-,22+,24+,25-;/m0000./s1. The topological polar surface area (TPSA) is 203 Å². The maximum absolute atomic E-state index is 13.4. The quantitative estimate of drug-likeness (QED) is 0.0983. The van der Waals surface area contributed by atoms with Crippen molar-refractivity contribution in [3.05, 3.63) is 130 Å². The van der Waals surface area contributed by atoms with Crippen LogP contribution in [0.1, 0.15) is 297 Å². The number of aryl methyl sites for hydroxylation is 5. The van der Waals surface area contributed by atoms with E-state index in [-0.39, 0.29) is 41.4 Å². The highest BCUT2D eigenvalue weighted by atomic mass is 16.3. The van der Waals surface area contributed by atoms with E-state index in [1.54, 1.807) is 11.8 Å². The van der Waals surface area contributed by atoms with Gasteiger partial charge in [-0.25, -0.2) is 0 Å². The molecule has 15 nitrogen and oxygen atoms in total. The Hall–Kier alpha value is -5.61. The van der Waals surface area contributed by atoms with E-state index in [0.717, 1.165) is 203 Å². The molecular weight excluding hydrogens is 1460 g/mol. The number of ketones is 3. The summed E-state index contributed by atoms with van der Waals surface area (Å²) in [7, 11) is 0. The zero-order chi connectivity index (χ0) is 82.4. The number of allylic oxidation sites excluding steroid dienone is 5. The number of nitrogens with zero attached hydrogens (tertiary/aromatic N) is 8. The molecule has 15 heteroatoms. The third kappa shape index (κ3) is 16.1. The molecule has 4 heterocycles. The smallest absolute Gasteiger partial charge is 0.157 e. The molecule has 118 heavy (non-hydrogen) atoms. The third-order valence-electron chi connectivity index (χ3n) is 37.4. The fourth-order valence-electron chi connectivity index (χ4n) is 31.7. The molecule has 646 valence electrons. The lowest BCUT2D eigenvalue weighted by Gasteiger charge is -2.54. The third-order valence-corrected chi connectivity index (χ3v) is 37.4. The molecule has 0 saturated heterocycles. The number of hydrogen-bond acceptors (Lipinski definition) is 11. The van der Waals surface area contributed by atoms with E-state index in [9.17, 15) is 34.8 Å². The second-order valence-electron chi connectivity index (χ2n) is 44.9. The molecular formula is C103H152N8O7. The first-order valence-corrected chi connectivity index (χ1v) is 47.4. The van der Waals surface area contributed by atoms with E-state index in [1.807, 2.05) is 87.9 Å². The van der Waals surface area contributed by atoms with Crippen molar-refractivity contribution in [1.29, 1.82) is 0 Å². The lowest BCUT2D eigenvalue weighted by molar-refractivity contribution is -0.130. The van der Waals surface area contributed by atoms with Crippen LogP contribution in [0.25, 0.3) is 0 Å². The molecule has 0 bridgehead atoms. The van der Waals surface area contributed by atoms with Gasteiger partial charge in [-0.2, -0.15) is 20.4 Å². The number of aliphatic hydroxyl groups is 4. The first-order valence-electron chi connectivity index (χ1n) is 47.4. The van der Waals surface area contributed by atoms with Gasteiger partial charge in [-0.1, -0.05) is 93.9 Å². The summed E-state index contributed by atoms with van der Waals surface area (Å²) in [5, 5.41) is 60.0. The van der Waals surface area contributed by atoms with Crippen molar-refractivity contribution in [2.45, 2.75) is 351 Å². The van der Waals surface area contributed by atoms with Crippen LogP contribution in [0.3, 0.4) is 0 Å². The van der Waals surface area contributed by atoms with E-state index in [1.165, 1.54) is 119 Å². The minimum atomic E-state index is -0.508. The largest absolute Gasteiger partial charge is 0.390 e. The molecule has 20 rings (SSSR count). The summed E-state index contributed by atoms with van der Waals surface area (Å²) >= 11 is 0. The van der Waals surface area contributed by atoms with Crippen molar-refractivity contribution in [3.8, 4) is 0 Å². The molecule has 16 aliphatic rings. The van der Waals surface area contributed by atoms with Crippen LogP contribution in [-0.2, 0) is 40.6 Å². The predicted molar refractivity (Wildman–Crippen MR) is 468 cm³/mol. The van der Waals surface area contributed by atoms with Crippen LogP contribution in [-0.4, -0.2) is 99.3 Å². The number of rotatable bonds is 12. The van der Waals surface area contributed by atoms with E-state index in [0.29, 0.717) is 83.8 Å². The molecule has 4 aromatic heterocycles. The summed E-state index contributed by atoms with van der Waals surface area (Å²) in [6.07, 6.45) is 53.8. The Morgan fingerprint density at radius 3 is 1.09 bits per heavy atom. The number of fused-ring (bicyclic) bond motifs is 20. The van der Waals surface area contributed by atoms with Crippen molar-refractivity contribution in [1.82, 2.24) is 39.1 Å². The van der Waals surface area contributed by atoms with Crippen LogP contribution >= 0.6 is 0 Å². The Morgan fingerprint density at radius 1 is 0.398 bits per heavy atom. The average Bonchev–Trinajstić information content (AvgIpc) is 1.52. The molecule has 12 fully saturated rings. The fraction of sp³-hybridized carbons (Fsp3) is 0.757. The van der Waals surface area contributed by atoms with Gasteiger partial charge in [0.1, 0.15) is 13.1 Å². The van der Waals surface area contributed by atoms with E-state index in [4.69, 9.17) is 0 Å². The minimum absolute atomic E-state index is 0. The van der Waals surface area contributed by atoms with Crippen LogP contribution in [0.2, 0.25) is 0 Å². The molecule has 0 aromatic carbocycles. The van der Waals surface area contributed by atoms with Crippen molar-refractivity contribution in [3.63, 3.8) is 0 Å². The SMILES string of the molecule is C.C=C(Cn1ccc(C)n1)[C@H]1CC[C@H]2[C@@H]3CC=C4C[C@](C)(O)CC[C@@H]4[C@H]3CC[C@]12C.Cc1cc(C)n(CC(=O)[C@H]2CC[C@H]3[C@@H]4CC=C5C[C@](C)(O)CC[C@@H]5[C@H]4CC[C@]23C)n1.Cc1ccnn1CC(=O)[C@H]1CC[C@H]2[C@@H]3CC=C4C[C@](C)(O)CC[C@@H]4[C@H]3CC[C@]12C.Cc1cnn(CC(=O)[C@H]2CC[C@H]3[C@@H]4CC=C5C[C@](C)(O)CC[C@@H]5[C@H]4CC[C@]23C)c1. The number of Topliss-reactive ketones (excluding diaryl/α,β-unsaturated/α-hetero) is 3. The molecule has 4 N–H and O–H groups in total. The van der Waals surface area contributed by atoms with Gasteiger partial charge in [-0.15, -0.1) is 0 Å². The van der Waals surface area contributed by atoms with E-state index >= 15 is 0 Å². The van der Waals surface area contributed by atoms with Crippen molar-refractivity contribution < 1.29 is 34.8 Å². The summed E-state index contributed by atoms with van der Waals surface area (Å²) in [5.74, 6) is 14.2. The number of aromatic nitrogens is 8. The minimum Gasteiger partial charge on any atom is -0.390 e. The molecule has 0 radical (unpaired) electrons. The fourth-order valence-corrected chi connectivity index (χ4v) is 31.7. The first kappa shape index (κ1) is 85.9. The molecule has 0 unspecified atom stereocenters. The van der Waals surface area contributed by atoms with Crippen LogP contribution in [0.15, 0.2) is 102 Å². The normalized spacial score (nSPS) is 43.2. The van der Waals surface area contributed by atoms with Gasteiger partial charge in [0.2, 0.25) is 0 Å². The van der Waals surface area contributed by atoms with Gasteiger partial charge >= 0.3 is 0 Å². The highest BCUT2D eigenvalue weighted by molar-refractivity contribution is 5.83. The van der Waals surface area contributed by atoms with Gasteiger partial charge in [-0.3, -0.25) is 33.1 Å². The second kappa shape index (κ2) is 32.5. The van der Waals surface area contributed by atoms with Gasteiger partial charge in [-0.05, 0) is 414 Å². The van der Waals surface area contributed by atoms with Crippen LogP contribution in [0.5, 0.6) is 0 Å². The highest BCUT2D eigenvalue weighted by Crippen LogP contribution is 2.69. The number of carbonyl (C=O) groups excluding carboxylic acids is 3. The van der Waals surface area contributed by atoms with Crippen LogP contribution in [0.4, 0.5) is 0 Å². The number of carbonyl (C=O) groups is 3. The zero-order valence-electron chi connectivity index (χ0n) is 74.2. The van der Waals surface area contributed by atoms with Crippen molar-refractivity contribution >= 4 is 17.3 Å². The Labute approximate surface area is 708 Å². The monoisotopic (exact) mass is 1610 g/mol. The van der Waals surface area contributed by atoms with E-state index < -0.39 is 22.4 Å². The van der Waals surface area contributed by atoms with Crippen LogP contribution in [0, 0.1) is 175 Å². The Kier molecular flexibility index (Phi) is 23.7. The van der Waals surface area contributed by atoms with Crippen molar-refractivity contribution in [2.75, 3.05) is 0 Å². The molecule has 12 saturated carbocycles. The summed E-state index contributed by atoms with van der Waals surface area (Å²) in [5.41, 5.74) is 11.8. The van der Waals surface area contributed by atoms with Crippen molar-refractivity contribution in [2.24, 2.45) is 140 Å². The highest BCUT2D eigenvalue weighted by Gasteiger charge is 2.63. The van der Waals surface area contributed by atoms with Gasteiger partial charge in [0.05, 0.1) is 53.1 Å². The maximum Gasteiger partial charge on any atom is 0.157 e. The van der Waals surface area contributed by atoms with Gasteiger partial charge in [0.25, 0.3) is 0 Å². The molecule has 16 aliphatic carbocycles. The summed E-state index contributed by atoms with van der Waals surface area (Å²) in [6, 6.07) is 6.13. The molecule has 4 aromatic rings. The molecule has 0 aliphatic heterocycles. The predicted octanol–water partition coefficient (Wildman–Crippen LogP) is 20.7. The lowest BCUT2D eigenvalue weighted by atomic mass is 9.51. The average molecular weight is 1610 g/mol. The molecule has 0 amide bonds. The van der Waals surface area contributed by atoms with E-state index in [2.05, 4.69) is 109 Å². The molecule has 28 atom stereocenters. The van der Waals surface area contributed by atoms with Gasteiger partial charge < -0.3 is 20.4 Å². The Balaban J connectivity index is 0.000000117.